The van der Waals surface area contributed by atoms with Crippen LogP contribution in [0.4, 0.5) is 0 Å². The van der Waals surface area contributed by atoms with Gasteiger partial charge in [-0.15, -0.1) is 0 Å². The van der Waals surface area contributed by atoms with Crippen molar-refractivity contribution in [1.82, 2.24) is 5.32 Å². The van der Waals surface area contributed by atoms with E-state index in [-0.39, 0.29) is 18.5 Å². The van der Waals surface area contributed by atoms with E-state index >= 15 is 0 Å². The minimum atomic E-state index is -0.912. The van der Waals surface area contributed by atoms with Crippen molar-refractivity contribution in [3.63, 3.8) is 0 Å². The van der Waals surface area contributed by atoms with Crippen molar-refractivity contribution in [2.45, 2.75) is 135 Å². The van der Waals surface area contributed by atoms with E-state index in [0.29, 0.717) is 6.42 Å². The monoisotopic (exact) mass is 513 g/mol. The molecule has 0 spiro atoms. The van der Waals surface area contributed by atoms with E-state index in [1.807, 2.05) is 0 Å². The molecule has 0 aliphatic carbocycles. The van der Waals surface area contributed by atoms with Gasteiger partial charge in [-0.05, 0) is 19.3 Å². The van der Waals surface area contributed by atoms with Crippen molar-refractivity contribution in [3.8, 4) is 0 Å². The summed E-state index contributed by atoms with van der Waals surface area (Å²) >= 11 is 0. The molecule has 6 atom stereocenters. The highest BCUT2D eigenvalue weighted by atomic mass is 16.7. The predicted octanol–water partition coefficient (Wildman–Crippen LogP) is 4.05. The van der Waals surface area contributed by atoms with Crippen LogP contribution < -0.4 is 5.32 Å². The minimum Gasteiger partial charge on any atom is -0.467 e. The number of methoxy groups -OCH3 is 1. The van der Waals surface area contributed by atoms with E-state index in [4.69, 9.17) is 23.7 Å². The molecule has 1 N–H and O–H groups in total. The molecular formula is C27H47NO8. The highest BCUT2D eigenvalue weighted by Crippen LogP contribution is 2.33. The number of amides is 1. The van der Waals surface area contributed by atoms with Gasteiger partial charge in [-0.2, -0.15) is 0 Å². The van der Waals surface area contributed by atoms with Gasteiger partial charge in [0.05, 0.1) is 13.7 Å². The van der Waals surface area contributed by atoms with Gasteiger partial charge in [0.2, 0.25) is 5.91 Å². The maximum atomic E-state index is 12.7. The summed E-state index contributed by atoms with van der Waals surface area (Å²) in [7, 11) is 1.27. The molecule has 0 saturated carbocycles. The van der Waals surface area contributed by atoms with Gasteiger partial charge >= 0.3 is 11.9 Å². The second kappa shape index (κ2) is 16.2. The lowest BCUT2D eigenvalue weighted by Gasteiger charge is -2.41. The highest BCUT2D eigenvalue weighted by molar-refractivity contribution is 5.74. The molecule has 0 unspecified atom stereocenters. The van der Waals surface area contributed by atoms with Gasteiger partial charge in [-0.25, -0.2) is 4.79 Å². The Balaban J connectivity index is 1.76. The van der Waals surface area contributed by atoms with Crippen LogP contribution in [0.1, 0.15) is 98.3 Å². The summed E-state index contributed by atoms with van der Waals surface area (Å²) in [5.41, 5.74) is 0. The van der Waals surface area contributed by atoms with Crippen LogP contribution in [0.2, 0.25) is 0 Å². The van der Waals surface area contributed by atoms with Crippen molar-refractivity contribution >= 4 is 17.8 Å². The summed E-state index contributed by atoms with van der Waals surface area (Å²) in [6.07, 6.45) is 8.36. The Kier molecular flexibility index (Phi) is 13.7. The Hall–Kier alpha value is -1.71. The van der Waals surface area contributed by atoms with Gasteiger partial charge in [0.25, 0.3) is 0 Å². The van der Waals surface area contributed by atoms with Crippen LogP contribution in [-0.2, 0) is 38.1 Å². The van der Waals surface area contributed by atoms with Crippen molar-refractivity contribution in [2.75, 3.05) is 13.7 Å². The van der Waals surface area contributed by atoms with Crippen LogP contribution in [0.25, 0.3) is 0 Å². The third kappa shape index (κ3) is 10.3. The minimum absolute atomic E-state index is 0.211. The van der Waals surface area contributed by atoms with Crippen LogP contribution in [0.5, 0.6) is 0 Å². The van der Waals surface area contributed by atoms with E-state index in [1.165, 1.54) is 59.0 Å². The fraction of sp³-hybridized carbons (Fsp3) is 0.889. The average Bonchev–Trinajstić information content (AvgIpc) is 3.27. The third-order valence-electron chi connectivity index (χ3n) is 6.77. The molecule has 208 valence electrons. The summed E-state index contributed by atoms with van der Waals surface area (Å²) in [4.78, 5) is 36.4. The SMILES string of the molecule is COC(=O)[C@@H](C)O[C@@H]1[C@@H](NC(C)=O)[C@H]2OC[C@@H](O2)[C@H]1OC(=O)CCCCCCCCCCCC(C)C. The number of rotatable bonds is 17. The number of hydrogen-bond acceptors (Lipinski definition) is 8. The number of fused-ring (bicyclic) bond motifs is 2. The van der Waals surface area contributed by atoms with Gasteiger partial charge in [-0.1, -0.05) is 71.6 Å². The molecule has 2 bridgehead atoms. The molecule has 2 aliphatic rings. The quantitative estimate of drug-likeness (QED) is 0.229. The Morgan fingerprint density at radius 1 is 0.917 bits per heavy atom. The fourth-order valence-corrected chi connectivity index (χ4v) is 4.79. The van der Waals surface area contributed by atoms with Crippen LogP contribution in [0, 0.1) is 5.92 Å². The first-order valence-corrected chi connectivity index (χ1v) is 13.7. The molecule has 0 aromatic rings. The normalized spacial score (nSPS) is 26.0. The second-order valence-corrected chi connectivity index (χ2v) is 10.4. The first-order chi connectivity index (χ1) is 17.2. The maximum absolute atomic E-state index is 12.7. The number of hydrogen-bond donors (Lipinski definition) is 1. The smallest absolute Gasteiger partial charge is 0.334 e. The van der Waals surface area contributed by atoms with E-state index in [2.05, 4.69) is 19.2 Å². The van der Waals surface area contributed by atoms with Crippen molar-refractivity contribution in [1.29, 1.82) is 0 Å². The molecule has 0 radical (unpaired) electrons. The number of unbranched alkanes of at least 4 members (excludes halogenated alkanes) is 8. The van der Waals surface area contributed by atoms with Crippen LogP contribution in [-0.4, -0.2) is 68.3 Å². The molecule has 2 aliphatic heterocycles. The van der Waals surface area contributed by atoms with Crippen LogP contribution >= 0.6 is 0 Å². The number of carbonyl (C=O) groups excluding carboxylic acids is 3. The average molecular weight is 514 g/mol. The zero-order valence-electron chi connectivity index (χ0n) is 22.8. The van der Waals surface area contributed by atoms with Crippen molar-refractivity contribution in [2.24, 2.45) is 5.92 Å². The highest BCUT2D eigenvalue weighted by Gasteiger charge is 2.54. The number of nitrogens with one attached hydrogen (secondary N) is 1. The van der Waals surface area contributed by atoms with E-state index in [9.17, 15) is 14.4 Å². The first-order valence-electron chi connectivity index (χ1n) is 13.7. The van der Waals surface area contributed by atoms with Gasteiger partial charge in [-0.3, -0.25) is 9.59 Å². The molecule has 1 amide bonds. The van der Waals surface area contributed by atoms with E-state index < -0.39 is 42.7 Å². The fourth-order valence-electron chi connectivity index (χ4n) is 4.79. The lowest BCUT2D eigenvalue weighted by atomic mass is 9.97. The Morgan fingerprint density at radius 3 is 2.11 bits per heavy atom. The largest absolute Gasteiger partial charge is 0.467 e. The number of ether oxygens (including phenoxy) is 5. The first kappa shape index (κ1) is 30.5. The Morgan fingerprint density at radius 2 is 1.53 bits per heavy atom. The summed E-state index contributed by atoms with van der Waals surface area (Å²) in [6.45, 7) is 7.69. The standard InChI is InChI=1S/C27H47NO8/c1-18(2)15-13-11-9-7-6-8-10-12-14-16-22(30)36-24-21-17-33-27(35-21)23(28-20(4)29)25(24)34-19(3)26(31)32-5/h18-19,21,23-25,27H,6-17H2,1-5H3,(H,28,29)/t19-,21-,23-,24-,25-,27+/m1/s1. The maximum Gasteiger partial charge on any atom is 0.334 e. The second-order valence-electron chi connectivity index (χ2n) is 10.4. The topological polar surface area (TPSA) is 109 Å². The zero-order valence-corrected chi connectivity index (χ0v) is 22.8. The molecule has 0 aromatic heterocycles. The van der Waals surface area contributed by atoms with Gasteiger partial charge < -0.3 is 29.0 Å². The third-order valence-corrected chi connectivity index (χ3v) is 6.77. The molecule has 2 fully saturated rings. The number of carbonyl (C=O) groups is 3. The van der Waals surface area contributed by atoms with Crippen molar-refractivity contribution < 1.29 is 38.1 Å². The van der Waals surface area contributed by atoms with Crippen LogP contribution in [0.3, 0.4) is 0 Å². The number of esters is 2. The summed E-state index contributed by atoms with van der Waals surface area (Å²) < 4.78 is 28.0. The molecule has 2 rings (SSSR count). The van der Waals surface area contributed by atoms with E-state index in [1.54, 1.807) is 6.92 Å². The summed E-state index contributed by atoms with van der Waals surface area (Å²) in [6, 6.07) is -0.725. The molecular weight excluding hydrogens is 466 g/mol. The zero-order chi connectivity index (χ0) is 26.5. The Bertz CT molecular complexity index is 685. The van der Waals surface area contributed by atoms with Gasteiger partial charge in [0.15, 0.2) is 18.5 Å². The lowest BCUT2D eigenvalue weighted by Crippen LogP contribution is -2.63. The summed E-state index contributed by atoms with van der Waals surface area (Å²) in [5, 5.41) is 2.76. The molecule has 9 heteroatoms. The predicted molar refractivity (Wildman–Crippen MR) is 134 cm³/mol. The Labute approximate surface area is 216 Å². The lowest BCUT2D eigenvalue weighted by molar-refractivity contribution is -0.224. The van der Waals surface area contributed by atoms with Gasteiger partial charge in [0.1, 0.15) is 18.2 Å². The van der Waals surface area contributed by atoms with Gasteiger partial charge in [0, 0.05) is 13.3 Å². The molecule has 9 nitrogen and oxygen atoms in total. The molecule has 2 heterocycles. The van der Waals surface area contributed by atoms with Crippen molar-refractivity contribution in [3.05, 3.63) is 0 Å². The van der Waals surface area contributed by atoms with E-state index in [0.717, 1.165) is 25.2 Å². The molecule has 2 saturated heterocycles. The molecule has 36 heavy (non-hydrogen) atoms. The van der Waals surface area contributed by atoms with Crippen LogP contribution in [0.15, 0.2) is 0 Å². The molecule has 0 aromatic carbocycles. The summed E-state index contributed by atoms with van der Waals surface area (Å²) in [5.74, 6) is -0.416.